The van der Waals surface area contributed by atoms with Gasteiger partial charge in [0, 0.05) is 38.3 Å². The summed E-state index contributed by atoms with van der Waals surface area (Å²) in [5, 5.41) is 3.38. The molecule has 1 aliphatic heterocycles. The third-order valence-corrected chi connectivity index (χ3v) is 3.95. The van der Waals surface area contributed by atoms with Crippen molar-refractivity contribution in [2.75, 3.05) is 38.5 Å². The van der Waals surface area contributed by atoms with Crippen LogP contribution in [-0.4, -0.2) is 42.6 Å². The molecule has 0 saturated carbocycles. The number of anilines is 1. The molecule has 1 saturated heterocycles. The van der Waals surface area contributed by atoms with Gasteiger partial charge in [-0.15, -0.1) is 0 Å². The number of benzene rings is 1. The summed E-state index contributed by atoms with van der Waals surface area (Å²) in [6, 6.07) is 14.4. The number of pyridine rings is 1. The van der Waals surface area contributed by atoms with E-state index in [1.54, 1.807) is 0 Å². The quantitative estimate of drug-likeness (QED) is 0.897. The van der Waals surface area contributed by atoms with Crippen molar-refractivity contribution in [2.24, 2.45) is 0 Å². The van der Waals surface area contributed by atoms with E-state index in [4.69, 9.17) is 5.73 Å². The van der Waals surface area contributed by atoms with Gasteiger partial charge in [-0.1, -0.05) is 30.3 Å². The number of nitrogens with one attached hydrogen (secondary N) is 1. The smallest absolute Gasteiger partial charge is 0.124 e. The Morgan fingerprint density at radius 3 is 2.52 bits per heavy atom. The average Bonchev–Trinajstić information content (AvgIpc) is 2.54. The van der Waals surface area contributed by atoms with Crippen LogP contribution in [0.1, 0.15) is 5.56 Å². The fourth-order valence-electron chi connectivity index (χ4n) is 2.68. The van der Waals surface area contributed by atoms with Crippen LogP contribution in [0.3, 0.4) is 0 Å². The molecular weight excluding hydrogens is 260 g/mol. The van der Waals surface area contributed by atoms with Gasteiger partial charge in [-0.25, -0.2) is 4.98 Å². The van der Waals surface area contributed by atoms with Crippen molar-refractivity contribution >= 4 is 5.82 Å². The molecule has 3 N–H and O–H groups in total. The van der Waals surface area contributed by atoms with E-state index in [9.17, 15) is 0 Å². The van der Waals surface area contributed by atoms with Crippen molar-refractivity contribution in [3.63, 3.8) is 0 Å². The average molecular weight is 282 g/mol. The molecule has 2 heterocycles. The summed E-state index contributed by atoms with van der Waals surface area (Å²) in [4.78, 5) is 6.87. The highest BCUT2D eigenvalue weighted by Crippen LogP contribution is 2.18. The van der Waals surface area contributed by atoms with Gasteiger partial charge in [0.2, 0.25) is 0 Å². The Bertz CT molecular complexity index is 574. The van der Waals surface area contributed by atoms with E-state index in [1.807, 2.05) is 18.2 Å². The SMILES string of the molecule is Nc1cccc(-c2ccc(CCN3CCNCC3)cc2)n1. The minimum Gasteiger partial charge on any atom is -0.384 e. The van der Waals surface area contributed by atoms with E-state index in [0.717, 1.165) is 50.4 Å². The molecule has 110 valence electrons. The summed E-state index contributed by atoms with van der Waals surface area (Å²) >= 11 is 0. The molecule has 3 rings (SSSR count). The van der Waals surface area contributed by atoms with Gasteiger partial charge in [0.25, 0.3) is 0 Å². The molecule has 0 amide bonds. The highest BCUT2D eigenvalue weighted by Gasteiger charge is 2.09. The van der Waals surface area contributed by atoms with Crippen molar-refractivity contribution < 1.29 is 0 Å². The highest BCUT2D eigenvalue weighted by molar-refractivity contribution is 5.61. The Hall–Kier alpha value is -1.91. The predicted octanol–water partition coefficient (Wildman–Crippen LogP) is 1.78. The van der Waals surface area contributed by atoms with E-state index in [-0.39, 0.29) is 0 Å². The molecule has 0 spiro atoms. The molecule has 1 aliphatic rings. The van der Waals surface area contributed by atoms with Crippen molar-refractivity contribution in [2.45, 2.75) is 6.42 Å². The third kappa shape index (κ3) is 3.80. The molecular formula is C17H22N4. The Morgan fingerprint density at radius 2 is 1.81 bits per heavy atom. The van der Waals surface area contributed by atoms with E-state index >= 15 is 0 Å². The first-order chi connectivity index (χ1) is 10.3. The molecule has 0 radical (unpaired) electrons. The molecule has 0 aliphatic carbocycles. The fraction of sp³-hybridized carbons (Fsp3) is 0.353. The second-order valence-corrected chi connectivity index (χ2v) is 5.49. The van der Waals surface area contributed by atoms with Crippen LogP contribution < -0.4 is 11.1 Å². The second-order valence-electron chi connectivity index (χ2n) is 5.49. The largest absolute Gasteiger partial charge is 0.384 e. The lowest BCUT2D eigenvalue weighted by molar-refractivity contribution is 0.244. The molecule has 0 atom stereocenters. The molecule has 1 aromatic carbocycles. The molecule has 4 nitrogen and oxygen atoms in total. The van der Waals surface area contributed by atoms with Gasteiger partial charge in [-0.2, -0.15) is 0 Å². The molecule has 0 bridgehead atoms. The maximum absolute atomic E-state index is 5.73. The van der Waals surface area contributed by atoms with Gasteiger partial charge in [0.1, 0.15) is 5.82 Å². The van der Waals surface area contributed by atoms with E-state index in [2.05, 4.69) is 39.5 Å². The Labute approximate surface area is 126 Å². The van der Waals surface area contributed by atoms with Crippen LogP contribution in [-0.2, 0) is 6.42 Å². The second kappa shape index (κ2) is 6.70. The molecule has 1 fully saturated rings. The first kappa shape index (κ1) is 14.0. The first-order valence-electron chi connectivity index (χ1n) is 7.56. The highest BCUT2D eigenvalue weighted by atomic mass is 15.2. The normalized spacial score (nSPS) is 16.0. The van der Waals surface area contributed by atoms with E-state index in [0.29, 0.717) is 5.82 Å². The number of hydrogen-bond acceptors (Lipinski definition) is 4. The van der Waals surface area contributed by atoms with Gasteiger partial charge >= 0.3 is 0 Å². The standard InChI is InChI=1S/C17H22N4/c18-17-3-1-2-16(20-17)15-6-4-14(5-7-15)8-11-21-12-9-19-10-13-21/h1-7,19H,8-13H2,(H2,18,20). The lowest BCUT2D eigenvalue weighted by atomic mass is 10.1. The predicted molar refractivity (Wildman–Crippen MR) is 87.1 cm³/mol. The Kier molecular flexibility index (Phi) is 4.48. The van der Waals surface area contributed by atoms with E-state index in [1.165, 1.54) is 5.56 Å². The fourth-order valence-corrected chi connectivity index (χ4v) is 2.68. The molecule has 1 aromatic heterocycles. The van der Waals surface area contributed by atoms with Crippen molar-refractivity contribution in [3.8, 4) is 11.3 Å². The molecule has 4 heteroatoms. The summed E-state index contributed by atoms with van der Waals surface area (Å²) in [6.07, 6.45) is 1.10. The van der Waals surface area contributed by atoms with Crippen LogP contribution in [0.5, 0.6) is 0 Å². The lowest BCUT2D eigenvalue weighted by Gasteiger charge is -2.27. The first-order valence-corrected chi connectivity index (χ1v) is 7.56. The number of nitrogen functional groups attached to an aromatic ring is 1. The lowest BCUT2D eigenvalue weighted by Crippen LogP contribution is -2.44. The molecule has 21 heavy (non-hydrogen) atoms. The van der Waals surface area contributed by atoms with Gasteiger partial charge in [0.15, 0.2) is 0 Å². The molecule has 0 unspecified atom stereocenters. The summed E-state index contributed by atoms with van der Waals surface area (Å²) < 4.78 is 0. The van der Waals surface area contributed by atoms with Crippen molar-refractivity contribution in [1.29, 1.82) is 0 Å². The Morgan fingerprint density at radius 1 is 1.05 bits per heavy atom. The van der Waals surface area contributed by atoms with Crippen LogP contribution in [0.2, 0.25) is 0 Å². The van der Waals surface area contributed by atoms with Gasteiger partial charge in [0.05, 0.1) is 5.69 Å². The van der Waals surface area contributed by atoms with Gasteiger partial charge in [-0.05, 0) is 24.1 Å². The third-order valence-electron chi connectivity index (χ3n) is 3.95. The summed E-state index contributed by atoms with van der Waals surface area (Å²) in [5.74, 6) is 0.565. The maximum atomic E-state index is 5.73. The van der Waals surface area contributed by atoms with Crippen LogP contribution in [0.25, 0.3) is 11.3 Å². The van der Waals surface area contributed by atoms with Crippen molar-refractivity contribution in [3.05, 3.63) is 48.0 Å². The summed E-state index contributed by atoms with van der Waals surface area (Å²) in [6.45, 7) is 5.67. The van der Waals surface area contributed by atoms with Gasteiger partial charge < -0.3 is 16.0 Å². The van der Waals surface area contributed by atoms with Crippen LogP contribution in [0, 0.1) is 0 Å². The number of nitrogens with zero attached hydrogens (tertiary/aromatic N) is 2. The Balaban J connectivity index is 1.61. The summed E-state index contributed by atoms with van der Waals surface area (Å²) in [7, 11) is 0. The van der Waals surface area contributed by atoms with Crippen LogP contribution >= 0.6 is 0 Å². The number of rotatable bonds is 4. The number of aromatic nitrogens is 1. The topological polar surface area (TPSA) is 54.2 Å². The minimum atomic E-state index is 0.565. The van der Waals surface area contributed by atoms with Crippen molar-refractivity contribution in [1.82, 2.24) is 15.2 Å². The van der Waals surface area contributed by atoms with E-state index < -0.39 is 0 Å². The maximum Gasteiger partial charge on any atom is 0.124 e. The minimum absolute atomic E-state index is 0.565. The number of nitrogens with two attached hydrogens (primary N) is 1. The number of hydrogen-bond donors (Lipinski definition) is 2. The van der Waals surface area contributed by atoms with Crippen LogP contribution in [0.15, 0.2) is 42.5 Å². The zero-order valence-corrected chi connectivity index (χ0v) is 12.3. The zero-order valence-electron chi connectivity index (χ0n) is 12.3. The monoisotopic (exact) mass is 282 g/mol. The molecule has 2 aromatic rings. The van der Waals surface area contributed by atoms with Crippen LogP contribution in [0.4, 0.5) is 5.82 Å². The number of piperazine rings is 1. The summed E-state index contributed by atoms with van der Waals surface area (Å²) in [5.41, 5.74) is 9.16. The zero-order chi connectivity index (χ0) is 14.5. The van der Waals surface area contributed by atoms with Gasteiger partial charge in [-0.3, -0.25) is 0 Å².